The highest BCUT2D eigenvalue weighted by Gasteiger charge is 1.96. The van der Waals surface area contributed by atoms with E-state index < -0.39 is 0 Å². The number of rotatable bonds is 3. The first kappa shape index (κ1) is 9.13. The van der Waals surface area contributed by atoms with Gasteiger partial charge in [0.15, 0.2) is 0 Å². The minimum absolute atomic E-state index is 0.766. The van der Waals surface area contributed by atoms with Crippen LogP contribution in [0.15, 0.2) is 11.0 Å². The summed E-state index contributed by atoms with van der Waals surface area (Å²) in [5.41, 5.74) is 1.80. The van der Waals surface area contributed by atoms with Crippen LogP contribution in [0.25, 0.3) is 6.08 Å². The number of hydrogen-bond acceptors (Lipinski definition) is 3. The van der Waals surface area contributed by atoms with Crippen LogP contribution in [0, 0.1) is 6.92 Å². The first-order valence-electron chi connectivity index (χ1n) is 3.84. The summed E-state index contributed by atoms with van der Waals surface area (Å²) >= 11 is 1.56. The lowest BCUT2D eigenvalue weighted by Gasteiger charge is -1.89. The van der Waals surface area contributed by atoms with Gasteiger partial charge in [0, 0.05) is 11.1 Å². The lowest BCUT2D eigenvalue weighted by atomic mass is 10.2. The molecule has 0 saturated carbocycles. The number of aryl methyl sites for hydroxylation is 1. The van der Waals surface area contributed by atoms with Gasteiger partial charge in [0.1, 0.15) is 11.3 Å². The molecule has 64 valence electrons. The van der Waals surface area contributed by atoms with Crippen molar-refractivity contribution < 1.29 is 4.79 Å². The second-order valence-electron chi connectivity index (χ2n) is 2.52. The van der Waals surface area contributed by atoms with E-state index in [4.69, 9.17) is 0 Å². The number of thiazole rings is 1. The number of allylic oxidation sites excluding steroid dienone is 1. The van der Waals surface area contributed by atoms with E-state index in [1.54, 1.807) is 11.3 Å². The van der Waals surface area contributed by atoms with Gasteiger partial charge in [-0.05, 0) is 25.0 Å². The van der Waals surface area contributed by atoms with E-state index >= 15 is 0 Å². The molecule has 1 aromatic heterocycles. The standard InChI is InChI=1S/C9H11NOS/c1-3-8(5-11)4-9-10-7(2)6-12-9/h4-6H,3H2,1-2H3. The first-order valence-corrected chi connectivity index (χ1v) is 4.72. The maximum atomic E-state index is 10.5. The lowest BCUT2D eigenvalue weighted by Crippen LogP contribution is -1.81. The zero-order valence-electron chi connectivity index (χ0n) is 7.20. The molecular formula is C9H11NOS. The van der Waals surface area contributed by atoms with E-state index in [2.05, 4.69) is 4.98 Å². The van der Waals surface area contributed by atoms with Gasteiger partial charge in [-0.2, -0.15) is 0 Å². The summed E-state index contributed by atoms with van der Waals surface area (Å²) in [6.07, 6.45) is 3.49. The van der Waals surface area contributed by atoms with Crippen molar-refractivity contribution in [3.8, 4) is 0 Å². The van der Waals surface area contributed by atoms with E-state index in [0.29, 0.717) is 0 Å². The smallest absolute Gasteiger partial charge is 0.146 e. The molecule has 0 aliphatic rings. The Hall–Kier alpha value is -0.960. The number of aldehydes is 1. The van der Waals surface area contributed by atoms with Gasteiger partial charge in [0.05, 0.1) is 0 Å². The molecule has 0 unspecified atom stereocenters. The zero-order valence-corrected chi connectivity index (χ0v) is 8.02. The highest BCUT2D eigenvalue weighted by atomic mass is 32.1. The number of hydrogen-bond donors (Lipinski definition) is 0. The van der Waals surface area contributed by atoms with Crippen molar-refractivity contribution in [2.75, 3.05) is 0 Å². The van der Waals surface area contributed by atoms with Crippen LogP contribution in [-0.2, 0) is 4.79 Å². The van der Waals surface area contributed by atoms with Gasteiger partial charge in [-0.1, -0.05) is 6.92 Å². The molecule has 0 N–H and O–H groups in total. The first-order chi connectivity index (χ1) is 5.76. The third-order valence-electron chi connectivity index (χ3n) is 1.51. The minimum atomic E-state index is 0.766. The Morgan fingerprint density at radius 2 is 2.50 bits per heavy atom. The Kier molecular flexibility index (Phi) is 3.17. The maximum absolute atomic E-state index is 10.5. The second-order valence-corrected chi connectivity index (χ2v) is 3.41. The van der Waals surface area contributed by atoms with Crippen LogP contribution in [-0.4, -0.2) is 11.3 Å². The highest BCUT2D eigenvalue weighted by Crippen LogP contribution is 2.13. The molecule has 3 heteroatoms. The Morgan fingerprint density at radius 1 is 1.75 bits per heavy atom. The molecule has 0 saturated heterocycles. The molecule has 0 aliphatic heterocycles. The van der Waals surface area contributed by atoms with Gasteiger partial charge in [0.2, 0.25) is 0 Å². The molecule has 0 radical (unpaired) electrons. The van der Waals surface area contributed by atoms with E-state index in [9.17, 15) is 4.79 Å². The third kappa shape index (κ3) is 2.27. The SMILES string of the molecule is CCC(C=O)=Cc1nc(C)cs1. The van der Waals surface area contributed by atoms with E-state index in [-0.39, 0.29) is 0 Å². The number of carbonyl (C=O) groups excluding carboxylic acids is 1. The minimum Gasteiger partial charge on any atom is -0.298 e. The quantitative estimate of drug-likeness (QED) is 0.529. The largest absolute Gasteiger partial charge is 0.298 e. The van der Waals surface area contributed by atoms with Crippen molar-refractivity contribution in [1.82, 2.24) is 4.98 Å². The summed E-state index contributed by atoms with van der Waals surface area (Å²) in [5.74, 6) is 0. The molecule has 1 aromatic rings. The number of nitrogens with zero attached hydrogens (tertiary/aromatic N) is 1. The topological polar surface area (TPSA) is 30.0 Å². The Labute approximate surface area is 76.0 Å². The number of carbonyl (C=O) groups is 1. The Morgan fingerprint density at radius 3 is 2.92 bits per heavy atom. The van der Waals surface area contributed by atoms with Gasteiger partial charge < -0.3 is 0 Å². The summed E-state index contributed by atoms with van der Waals surface area (Å²) in [5, 5.41) is 2.89. The van der Waals surface area contributed by atoms with Crippen LogP contribution in [0.4, 0.5) is 0 Å². The van der Waals surface area contributed by atoms with Crippen LogP contribution in [0.1, 0.15) is 24.0 Å². The third-order valence-corrected chi connectivity index (χ3v) is 2.41. The monoisotopic (exact) mass is 181 g/mol. The normalized spacial score (nSPS) is 11.7. The van der Waals surface area contributed by atoms with Crippen molar-refractivity contribution >= 4 is 23.7 Å². The molecule has 1 rings (SSSR count). The van der Waals surface area contributed by atoms with Crippen LogP contribution < -0.4 is 0 Å². The molecular weight excluding hydrogens is 170 g/mol. The molecule has 0 fully saturated rings. The average Bonchev–Trinajstić information content (AvgIpc) is 2.47. The molecule has 0 amide bonds. The fourth-order valence-corrected chi connectivity index (χ4v) is 1.58. The maximum Gasteiger partial charge on any atom is 0.146 e. The molecule has 12 heavy (non-hydrogen) atoms. The van der Waals surface area contributed by atoms with Crippen molar-refractivity contribution in [2.45, 2.75) is 20.3 Å². The van der Waals surface area contributed by atoms with Crippen LogP contribution in [0.3, 0.4) is 0 Å². The van der Waals surface area contributed by atoms with Gasteiger partial charge in [-0.15, -0.1) is 11.3 Å². The molecule has 0 spiro atoms. The summed E-state index contributed by atoms with van der Waals surface area (Å²) < 4.78 is 0. The Bertz CT molecular complexity index is 301. The summed E-state index contributed by atoms with van der Waals surface area (Å²) in [6, 6.07) is 0. The predicted octanol–water partition coefficient (Wildman–Crippen LogP) is 2.44. The van der Waals surface area contributed by atoms with E-state index in [0.717, 1.165) is 29.0 Å². The fourth-order valence-electron chi connectivity index (χ4n) is 0.816. The van der Waals surface area contributed by atoms with Crippen LogP contribution >= 0.6 is 11.3 Å². The highest BCUT2D eigenvalue weighted by molar-refractivity contribution is 7.10. The molecule has 2 nitrogen and oxygen atoms in total. The summed E-state index contributed by atoms with van der Waals surface area (Å²) in [7, 11) is 0. The van der Waals surface area contributed by atoms with Gasteiger partial charge in [0.25, 0.3) is 0 Å². The van der Waals surface area contributed by atoms with Crippen LogP contribution in [0.5, 0.6) is 0 Å². The number of aromatic nitrogens is 1. The summed E-state index contributed by atoms with van der Waals surface area (Å²) in [4.78, 5) is 14.7. The van der Waals surface area contributed by atoms with Gasteiger partial charge in [-0.3, -0.25) is 4.79 Å². The average molecular weight is 181 g/mol. The van der Waals surface area contributed by atoms with Gasteiger partial charge in [-0.25, -0.2) is 4.98 Å². The predicted molar refractivity (Wildman–Crippen MR) is 51.2 cm³/mol. The molecule has 0 aliphatic carbocycles. The fraction of sp³-hybridized carbons (Fsp3) is 0.333. The molecule has 0 bridgehead atoms. The Balaban J connectivity index is 2.85. The van der Waals surface area contributed by atoms with Crippen molar-refractivity contribution in [3.63, 3.8) is 0 Å². The molecule has 0 atom stereocenters. The summed E-state index contributed by atoms with van der Waals surface area (Å²) in [6.45, 7) is 3.90. The molecule has 1 heterocycles. The van der Waals surface area contributed by atoms with E-state index in [1.807, 2.05) is 25.3 Å². The van der Waals surface area contributed by atoms with Gasteiger partial charge >= 0.3 is 0 Å². The van der Waals surface area contributed by atoms with Crippen molar-refractivity contribution in [2.24, 2.45) is 0 Å². The van der Waals surface area contributed by atoms with Crippen molar-refractivity contribution in [1.29, 1.82) is 0 Å². The second kappa shape index (κ2) is 4.16. The van der Waals surface area contributed by atoms with Crippen LogP contribution in [0.2, 0.25) is 0 Å². The zero-order chi connectivity index (χ0) is 8.97. The van der Waals surface area contributed by atoms with E-state index in [1.165, 1.54) is 0 Å². The molecule has 0 aromatic carbocycles. The lowest BCUT2D eigenvalue weighted by molar-refractivity contribution is -0.104. The van der Waals surface area contributed by atoms with Crippen molar-refractivity contribution in [3.05, 3.63) is 21.7 Å².